The molecule has 1 fully saturated rings. The maximum atomic E-state index is 12.7. The van der Waals surface area contributed by atoms with Crippen molar-refractivity contribution in [1.82, 2.24) is 4.72 Å². The third-order valence-corrected chi connectivity index (χ3v) is 6.10. The van der Waals surface area contributed by atoms with E-state index in [2.05, 4.69) is 4.72 Å². The number of nitrogens with zero attached hydrogens (tertiary/aromatic N) is 1. The second kappa shape index (κ2) is 6.16. The van der Waals surface area contributed by atoms with E-state index in [1.165, 1.54) is 24.3 Å². The lowest BCUT2D eigenvalue weighted by Gasteiger charge is -2.42. The first-order valence-electron chi connectivity index (χ1n) is 7.37. The molecule has 0 aliphatic heterocycles. The van der Waals surface area contributed by atoms with Crippen molar-refractivity contribution in [2.45, 2.75) is 29.7 Å². The van der Waals surface area contributed by atoms with E-state index < -0.39 is 20.5 Å². The normalized spacial score (nSPS) is 16.4. The predicted octanol–water partition coefficient (Wildman–Crippen LogP) is 3.61. The summed E-state index contributed by atoms with van der Waals surface area (Å²) in [5.41, 5.74) is 0.0687. The van der Waals surface area contributed by atoms with E-state index in [1.807, 2.05) is 12.1 Å². The molecule has 1 aliphatic carbocycles. The van der Waals surface area contributed by atoms with Crippen molar-refractivity contribution < 1.29 is 13.3 Å². The lowest BCUT2D eigenvalue weighted by atomic mass is 9.73. The molecule has 0 heterocycles. The van der Waals surface area contributed by atoms with E-state index in [0.717, 1.165) is 12.0 Å². The molecule has 6 nitrogen and oxygen atoms in total. The summed E-state index contributed by atoms with van der Waals surface area (Å²) in [6.45, 7) is 0. The summed E-state index contributed by atoms with van der Waals surface area (Å²) >= 11 is 5.90. The minimum atomic E-state index is -3.79. The first-order chi connectivity index (χ1) is 11.3. The third kappa shape index (κ3) is 3.15. The molecule has 8 heteroatoms. The van der Waals surface area contributed by atoms with E-state index in [9.17, 15) is 18.5 Å². The third-order valence-electron chi connectivity index (χ3n) is 4.29. The van der Waals surface area contributed by atoms with Gasteiger partial charge < -0.3 is 0 Å². The van der Waals surface area contributed by atoms with Gasteiger partial charge >= 0.3 is 0 Å². The number of nitro groups is 1. The Morgan fingerprint density at radius 1 is 1.04 bits per heavy atom. The second-order valence-electron chi connectivity index (χ2n) is 5.80. The number of hydrogen-bond acceptors (Lipinski definition) is 4. The molecule has 2 aromatic carbocycles. The quantitative estimate of drug-likeness (QED) is 0.646. The van der Waals surface area contributed by atoms with Crippen molar-refractivity contribution in [3.8, 4) is 0 Å². The highest BCUT2D eigenvalue weighted by Gasteiger charge is 2.42. The minimum Gasteiger partial charge on any atom is -0.258 e. The van der Waals surface area contributed by atoms with Crippen LogP contribution in [-0.4, -0.2) is 13.3 Å². The summed E-state index contributed by atoms with van der Waals surface area (Å²) in [6.07, 6.45) is 2.31. The van der Waals surface area contributed by atoms with Crippen LogP contribution >= 0.6 is 11.6 Å². The summed E-state index contributed by atoms with van der Waals surface area (Å²) < 4.78 is 28.1. The van der Waals surface area contributed by atoms with Crippen molar-refractivity contribution in [1.29, 1.82) is 0 Å². The van der Waals surface area contributed by atoms with Gasteiger partial charge in [-0.3, -0.25) is 10.1 Å². The molecule has 1 saturated carbocycles. The number of halogens is 1. The molecule has 1 N–H and O–H groups in total. The van der Waals surface area contributed by atoms with E-state index >= 15 is 0 Å². The number of non-ortho nitro benzene ring substituents is 1. The van der Waals surface area contributed by atoms with Crippen LogP contribution < -0.4 is 4.72 Å². The van der Waals surface area contributed by atoms with Gasteiger partial charge in [0.2, 0.25) is 10.0 Å². The predicted molar refractivity (Wildman–Crippen MR) is 90.4 cm³/mol. The molecule has 0 unspecified atom stereocenters. The highest BCUT2D eigenvalue weighted by Crippen LogP contribution is 2.42. The number of nitro benzene ring substituents is 1. The lowest BCUT2D eigenvalue weighted by molar-refractivity contribution is -0.384. The van der Waals surface area contributed by atoms with E-state index in [4.69, 9.17) is 11.6 Å². The Hall–Kier alpha value is -1.96. The molecular weight excluding hydrogens is 352 g/mol. The van der Waals surface area contributed by atoms with Crippen LogP contribution in [0.2, 0.25) is 5.02 Å². The van der Waals surface area contributed by atoms with Gasteiger partial charge in [-0.15, -0.1) is 0 Å². The summed E-state index contributed by atoms with van der Waals surface area (Å²) in [5, 5.41) is 11.3. The molecule has 0 atom stereocenters. The number of hydrogen-bond donors (Lipinski definition) is 1. The van der Waals surface area contributed by atoms with Crippen molar-refractivity contribution in [3.63, 3.8) is 0 Å². The Bertz CT molecular complexity index is 860. The largest absolute Gasteiger partial charge is 0.269 e. The monoisotopic (exact) mass is 366 g/mol. The molecule has 3 rings (SSSR count). The molecule has 126 valence electrons. The average molecular weight is 367 g/mol. The molecule has 0 saturated heterocycles. The highest BCUT2D eigenvalue weighted by molar-refractivity contribution is 7.89. The Balaban J connectivity index is 1.89. The molecule has 0 bridgehead atoms. The average Bonchev–Trinajstić information content (AvgIpc) is 2.52. The van der Waals surface area contributed by atoms with Crippen LogP contribution in [-0.2, 0) is 15.6 Å². The molecule has 0 amide bonds. The molecule has 0 aromatic heterocycles. The van der Waals surface area contributed by atoms with E-state index in [-0.39, 0.29) is 10.6 Å². The van der Waals surface area contributed by atoms with Crippen molar-refractivity contribution >= 4 is 27.3 Å². The van der Waals surface area contributed by atoms with Gasteiger partial charge in [-0.2, -0.15) is 0 Å². The number of benzene rings is 2. The van der Waals surface area contributed by atoms with Gasteiger partial charge in [0.15, 0.2) is 0 Å². The van der Waals surface area contributed by atoms with Gasteiger partial charge in [0.05, 0.1) is 15.4 Å². The Kier molecular flexibility index (Phi) is 4.33. The highest BCUT2D eigenvalue weighted by atomic mass is 35.5. The summed E-state index contributed by atoms with van der Waals surface area (Å²) in [7, 11) is -3.79. The van der Waals surface area contributed by atoms with Gasteiger partial charge in [0.25, 0.3) is 5.69 Å². The Labute approximate surface area is 144 Å². The molecule has 0 spiro atoms. The van der Waals surface area contributed by atoms with Crippen molar-refractivity contribution in [2.75, 3.05) is 0 Å². The van der Waals surface area contributed by atoms with Gasteiger partial charge in [0, 0.05) is 17.2 Å². The molecule has 2 aromatic rings. The zero-order valence-corrected chi connectivity index (χ0v) is 14.2. The fourth-order valence-electron chi connectivity index (χ4n) is 2.81. The fourth-order valence-corrected chi connectivity index (χ4v) is 4.39. The fraction of sp³-hybridized carbons (Fsp3) is 0.250. The molecule has 0 radical (unpaired) electrons. The zero-order valence-electron chi connectivity index (χ0n) is 12.6. The van der Waals surface area contributed by atoms with Crippen molar-refractivity contribution in [3.05, 3.63) is 69.2 Å². The van der Waals surface area contributed by atoms with Gasteiger partial charge in [-0.25, -0.2) is 13.1 Å². The summed E-state index contributed by atoms with van der Waals surface area (Å²) in [5.74, 6) is 0. The Morgan fingerprint density at radius 2 is 1.62 bits per heavy atom. The number of nitrogens with one attached hydrogen (secondary N) is 1. The van der Waals surface area contributed by atoms with Crippen LogP contribution in [0.4, 0.5) is 5.69 Å². The first-order valence-corrected chi connectivity index (χ1v) is 9.23. The van der Waals surface area contributed by atoms with Crippen LogP contribution in [0, 0.1) is 10.1 Å². The van der Waals surface area contributed by atoms with Crippen LogP contribution in [0.15, 0.2) is 53.4 Å². The van der Waals surface area contributed by atoms with Crippen LogP contribution in [0.3, 0.4) is 0 Å². The van der Waals surface area contributed by atoms with E-state index in [1.54, 1.807) is 12.1 Å². The first kappa shape index (κ1) is 16.9. The van der Waals surface area contributed by atoms with Crippen LogP contribution in [0.25, 0.3) is 0 Å². The molecule has 1 aliphatic rings. The maximum absolute atomic E-state index is 12.7. The lowest BCUT2D eigenvalue weighted by Crippen LogP contribution is -2.50. The van der Waals surface area contributed by atoms with Gasteiger partial charge in [-0.1, -0.05) is 23.7 Å². The van der Waals surface area contributed by atoms with E-state index in [0.29, 0.717) is 17.9 Å². The molecule has 24 heavy (non-hydrogen) atoms. The summed E-state index contributed by atoms with van der Waals surface area (Å²) in [4.78, 5) is 10.1. The van der Waals surface area contributed by atoms with Gasteiger partial charge in [0.1, 0.15) is 0 Å². The number of sulfonamides is 1. The summed E-state index contributed by atoms with van der Waals surface area (Å²) in [6, 6.07) is 12.0. The van der Waals surface area contributed by atoms with Gasteiger partial charge in [-0.05, 0) is 49.1 Å². The Morgan fingerprint density at radius 3 is 2.08 bits per heavy atom. The SMILES string of the molecule is O=[N+]([O-])c1ccc(S(=O)(=O)NC2(c3ccc(Cl)cc3)CCC2)cc1. The minimum absolute atomic E-state index is 0.00772. The van der Waals surface area contributed by atoms with Crippen LogP contribution in [0.1, 0.15) is 24.8 Å². The standard InChI is InChI=1S/C16H15ClN2O4S/c17-13-4-2-12(3-5-13)16(10-1-11-16)18-24(22,23)15-8-6-14(7-9-15)19(20)21/h2-9,18H,1,10-11H2. The smallest absolute Gasteiger partial charge is 0.258 e. The molecular formula is C16H15ClN2O4S. The second-order valence-corrected chi connectivity index (χ2v) is 7.92. The number of rotatable bonds is 5. The maximum Gasteiger partial charge on any atom is 0.269 e. The zero-order chi connectivity index (χ0) is 17.4. The van der Waals surface area contributed by atoms with Crippen LogP contribution in [0.5, 0.6) is 0 Å². The topological polar surface area (TPSA) is 89.3 Å². The van der Waals surface area contributed by atoms with Crippen molar-refractivity contribution in [2.24, 2.45) is 0 Å².